The molecule has 0 radical (unpaired) electrons. The van der Waals surface area contributed by atoms with Gasteiger partial charge in [0.15, 0.2) is 0 Å². The molecule has 7 rings (SSSR count). The third kappa shape index (κ3) is 3.23. The van der Waals surface area contributed by atoms with Gasteiger partial charge in [-0.3, -0.25) is 0 Å². The third-order valence-corrected chi connectivity index (χ3v) is 7.81. The van der Waals surface area contributed by atoms with Gasteiger partial charge in [-0.05, 0) is 74.0 Å². The van der Waals surface area contributed by atoms with E-state index < -0.39 is 0 Å². The maximum Gasteiger partial charge on any atom is 0.0781 e. The van der Waals surface area contributed by atoms with Crippen LogP contribution in [0, 0.1) is 0 Å². The van der Waals surface area contributed by atoms with Crippen molar-refractivity contribution >= 4 is 72.8 Å². The van der Waals surface area contributed by atoms with Crippen LogP contribution in [-0.2, 0) is 0 Å². The van der Waals surface area contributed by atoms with Crippen LogP contribution in [0.1, 0.15) is 17.2 Å². The van der Waals surface area contributed by atoms with E-state index >= 15 is 0 Å². The Labute approximate surface area is 217 Å². The Kier molecular flexibility index (Phi) is 4.76. The summed E-state index contributed by atoms with van der Waals surface area (Å²) in [6.45, 7) is 0. The van der Waals surface area contributed by atoms with E-state index in [1.54, 1.807) is 6.07 Å². The van der Waals surface area contributed by atoms with Crippen LogP contribution in [0.4, 0.5) is 5.69 Å². The molecule has 1 nitrogen and oxygen atoms in total. The van der Waals surface area contributed by atoms with Gasteiger partial charge in [0, 0.05) is 26.7 Å². The predicted molar refractivity (Wildman–Crippen MR) is 151 cm³/mol. The zero-order chi connectivity index (χ0) is 23.7. The van der Waals surface area contributed by atoms with Crippen LogP contribution < -0.4 is 5.32 Å². The molecule has 0 spiro atoms. The first kappa shape index (κ1) is 21.1. The van der Waals surface area contributed by atoms with E-state index in [9.17, 15) is 0 Å². The zero-order valence-corrected chi connectivity index (χ0v) is 20.7. The highest BCUT2D eigenvalue weighted by Gasteiger charge is 2.31. The molecule has 0 amide bonds. The molecule has 0 fully saturated rings. The first-order valence-corrected chi connectivity index (χ1v) is 12.6. The number of hydrogen-bond acceptors (Lipinski definition) is 1. The minimum absolute atomic E-state index is 0.134. The van der Waals surface area contributed by atoms with Crippen molar-refractivity contribution in [2.75, 3.05) is 5.32 Å². The number of benzene rings is 6. The zero-order valence-electron chi connectivity index (χ0n) is 18.4. The molecule has 0 heterocycles. The second kappa shape index (κ2) is 7.90. The van der Waals surface area contributed by atoms with Gasteiger partial charge in [-0.1, -0.05) is 102 Å². The highest BCUT2D eigenvalue weighted by Crippen LogP contribution is 2.50. The minimum Gasteiger partial charge on any atom is -0.374 e. The van der Waals surface area contributed by atoms with Crippen molar-refractivity contribution in [2.24, 2.45) is 0 Å². The van der Waals surface area contributed by atoms with Crippen molar-refractivity contribution in [3.05, 3.63) is 123 Å². The van der Waals surface area contributed by atoms with Gasteiger partial charge in [0.05, 0.1) is 11.1 Å². The number of anilines is 1. The standard InChI is InChI=1S/C31H18Cl3N/c32-18-10-12-24-26(13-18)31(27-14-19(33)15-28(34)30(24)27)35-29-16-25-20-6-2-1-5-17(20)9-11-22(25)21-7-3-4-8-23(21)29/h1-16,31,35H/t31-/m0/s1. The Hall–Kier alpha value is -3.23. The van der Waals surface area contributed by atoms with E-state index in [4.69, 9.17) is 34.8 Å². The molecule has 0 aromatic heterocycles. The van der Waals surface area contributed by atoms with Crippen LogP contribution in [0.2, 0.25) is 15.1 Å². The van der Waals surface area contributed by atoms with E-state index in [1.807, 2.05) is 24.3 Å². The molecule has 0 unspecified atom stereocenters. The molecular formula is C31H18Cl3N. The summed E-state index contributed by atoms with van der Waals surface area (Å²) in [5.41, 5.74) is 5.31. The second-order valence-electron chi connectivity index (χ2n) is 9.01. The summed E-state index contributed by atoms with van der Waals surface area (Å²) < 4.78 is 0. The number of fused-ring (bicyclic) bond motifs is 8. The first-order chi connectivity index (χ1) is 17.1. The number of hydrogen-bond donors (Lipinski definition) is 1. The monoisotopic (exact) mass is 509 g/mol. The topological polar surface area (TPSA) is 12.0 Å². The Morgan fingerprint density at radius 2 is 1.26 bits per heavy atom. The lowest BCUT2D eigenvalue weighted by atomic mass is 9.95. The molecule has 1 atom stereocenters. The summed E-state index contributed by atoms with van der Waals surface area (Å²) in [6, 6.07) is 33.4. The molecule has 1 N–H and O–H groups in total. The van der Waals surface area contributed by atoms with E-state index in [1.165, 1.54) is 32.3 Å². The average molecular weight is 511 g/mol. The minimum atomic E-state index is -0.134. The van der Waals surface area contributed by atoms with E-state index in [2.05, 4.69) is 72.0 Å². The molecule has 0 aliphatic heterocycles. The van der Waals surface area contributed by atoms with Crippen LogP contribution in [-0.4, -0.2) is 0 Å². The Morgan fingerprint density at radius 1 is 0.543 bits per heavy atom. The molecule has 1 aliphatic carbocycles. The molecular weight excluding hydrogens is 493 g/mol. The summed E-state index contributed by atoms with van der Waals surface area (Å²) in [5, 5.41) is 13.1. The number of rotatable bonds is 2. The SMILES string of the molecule is Clc1ccc2c(c1)[C@H](Nc1cc3c4ccccc4ccc3c3ccccc13)c1cc(Cl)cc(Cl)c1-2. The van der Waals surface area contributed by atoms with Crippen LogP contribution in [0.25, 0.3) is 43.4 Å². The lowest BCUT2D eigenvalue weighted by Gasteiger charge is -2.21. The quantitative estimate of drug-likeness (QED) is 0.228. The van der Waals surface area contributed by atoms with E-state index in [0.29, 0.717) is 15.1 Å². The molecule has 6 aromatic rings. The third-order valence-electron chi connectivity index (χ3n) is 7.06. The molecule has 1 aliphatic rings. The van der Waals surface area contributed by atoms with Gasteiger partial charge >= 0.3 is 0 Å². The first-order valence-electron chi connectivity index (χ1n) is 11.5. The fraction of sp³-hybridized carbons (Fsp3) is 0.0323. The van der Waals surface area contributed by atoms with Crippen LogP contribution in [0.5, 0.6) is 0 Å². The van der Waals surface area contributed by atoms with Crippen molar-refractivity contribution in [1.29, 1.82) is 0 Å². The smallest absolute Gasteiger partial charge is 0.0781 e. The highest BCUT2D eigenvalue weighted by atomic mass is 35.5. The molecule has 0 saturated carbocycles. The van der Waals surface area contributed by atoms with E-state index in [-0.39, 0.29) is 6.04 Å². The summed E-state index contributed by atoms with van der Waals surface area (Å²) in [6.07, 6.45) is 0. The van der Waals surface area contributed by atoms with Gasteiger partial charge in [-0.15, -0.1) is 0 Å². The maximum absolute atomic E-state index is 6.70. The van der Waals surface area contributed by atoms with Crippen molar-refractivity contribution in [2.45, 2.75) is 6.04 Å². The maximum atomic E-state index is 6.70. The van der Waals surface area contributed by atoms with E-state index in [0.717, 1.165) is 27.9 Å². The van der Waals surface area contributed by atoms with Gasteiger partial charge < -0.3 is 5.32 Å². The summed E-state index contributed by atoms with van der Waals surface area (Å²) >= 11 is 19.6. The molecule has 168 valence electrons. The number of nitrogens with one attached hydrogen (secondary N) is 1. The van der Waals surface area contributed by atoms with Crippen molar-refractivity contribution in [1.82, 2.24) is 0 Å². The summed E-state index contributed by atoms with van der Waals surface area (Å²) in [5.74, 6) is 0. The van der Waals surface area contributed by atoms with Crippen LogP contribution in [0.3, 0.4) is 0 Å². The van der Waals surface area contributed by atoms with Crippen LogP contribution >= 0.6 is 34.8 Å². The molecule has 0 saturated heterocycles. The van der Waals surface area contributed by atoms with Crippen molar-refractivity contribution in [3.8, 4) is 11.1 Å². The van der Waals surface area contributed by atoms with Gasteiger partial charge in [-0.2, -0.15) is 0 Å². The molecule has 4 heteroatoms. The molecule has 35 heavy (non-hydrogen) atoms. The molecule has 0 bridgehead atoms. The normalized spacial score (nSPS) is 14.4. The van der Waals surface area contributed by atoms with Crippen molar-refractivity contribution in [3.63, 3.8) is 0 Å². The average Bonchev–Trinajstić information content (AvgIpc) is 3.16. The Balaban J connectivity index is 1.51. The Bertz CT molecular complexity index is 1820. The van der Waals surface area contributed by atoms with Crippen molar-refractivity contribution < 1.29 is 0 Å². The predicted octanol–water partition coefficient (Wildman–Crippen LogP) is 10.3. The highest BCUT2D eigenvalue weighted by molar-refractivity contribution is 6.37. The second-order valence-corrected chi connectivity index (χ2v) is 10.3. The fourth-order valence-electron chi connectivity index (χ4n) is 5.56. The lowest BCUT2D eigenvalue weighted by molar-refractivity contribution is 0.977. The lowest BCUT2D eigenvalue weighted by Crippen LogP contribution is -2.10. The summed E-state index contributed by atoms with van der Waals surface area (Å²) in [7, 11) is 0. The Morgan fingerprint density at radius 3 is 2.11 bits per heavy atom. The van der Waals surface area contributed by atoms with Crippen LogP contribution in [0.15, 0.2) is 97.1 Å². The largest absolute Gasteiger partial charge is 0.374 e. The van der Waals surface area contributed by atoms with Gasteiger partial charge in [0.2, 0.25) is 0 Å². The molecule has 6 aromatic carbocycles. The van der Waals surface area contributed by atoms with Gasteiger partial charge in [0.1, 0.15) is 0 Å². The van der Waals surface area contributed by atoms with Gasteiger partial charge in [-0.25, -0.2) is 0 Å². The number of halogens is 3. The summed E-state index contributed by atoms with van der Waals surface area (Å²) in [4.78, 5) is 0. The fourth-order valence-corrected chi connectivity index (χ4v) is 6.36. The van der Waals surface area contributed by atoms with Gasteiger partial charge in [0.25, 0.3) is 0 Å².